The van der Waals surface area contributed by atoms with Crippen LogP contribution in [0.2, 0.25) is 0 Å². The van der Waals surface area contributed by atoms with Crippen molar-refractivity contribution in [3.05, 3.63) is 35.4 Å². The van der Waals surface area contributed by atoms with Gasteiger partial charge in [-0.15, -0.1) is 0 Å². The fraction of sp³-hybridized carbons (Fsp3) is 0.647. The lowest BCUT2D eigenvalue weighted by Crippen LogP contribution is -2.13. The number of hydrogen-bond acceptors (Lipinski definition) is 0. The van der Waals surface area contributed by atoms with Crippen LogP contribution in [0, 0.1) is 17.6 Å². The SMILES string of the molecule is CCCCC[C@H]1CC[C@H](c2cc(F)cc(F)c2)CC1. The molecular formula is C17H24F2. The van der Waals surface area contributed by atoms with Gasteiger partial charge in [0.25, 0.3) is 0 Å². The monoisotopic (exact) mass is 266 g/mol. The van der Waals surface area contributed by atoms with Gasteiger partial charge in [-0.3, -0.25) is 0 Å². The summed E-state index contributed by atoms with van der Waals surface area (Å²) < 4.78 is 26.5. The number of rotatable bonds is 5. The van der Waals surface area contributed by atoms with Crippen molar-refractivity contribution >= 4 is 0 Å². The molecule has 0 aliphatic heterocycles. The molecule has 0 unspecified atom stereocenters. The summed E-state index contributed by atoms with van der Waals surface area (Å²) in [5, 5.41) is 0. The van der Waals surface area contributed by atoms with Crippen LogP contribution in [0.15, 0.2) is 18.2 Å². The van der Waals surface area contributed by atoms with Gasteiger partial charge in [0, 0.05) is 6.07 Å². The molecule has 0 spiro atoms. The third-order valence-corrected chi connectivity index (χ3v) is 4.42. The van der Waals surface area contributed by atoms with Gasteiger partial charge in [-0.1, -0.05) is 32.6 Å². The second-order valence-corrected chi connectivity index (χ2v) is 5.92. The summed E-state index contributed by atoms with van der Waals surface area (Å²) in [4.78, 5) is 0. The maximum absolute atomic E-state index is 13.2. The lowest BCUT2D eigenvalue weighted by molar-refractivity contribution is 0.302. The van der Waals surface area contributed by atoms with Crippen molar-refractivity contribution in [2.75, 3.05) is 0 Å². The Hall–Kier alpha value is -0.920. The van der Waals surface area contributed by atoms with Gasteiger partial charge in [-0.05, 0) is 55.2 Å². The van der Waals surface area contributed by atoms with Crippen molar-refractivity contribution in [1.82, 2.24) is 0 Å². The number of halogens is 2. The van der Waals surface area contributed by atoms with E-state index in [1.807, 2.05) is 0 Å². The highest BCUT2D eigenvalue weighted by atomic mass is 19.1. The van der Waals surface area contributed by atoms with Crippen LogP contribution >= 0.6 is 0 Å². The Morgan fingerprint density at radius 3 is 2.16 bits per heavy atom. The Morgan fingerprint density at radius 2 is 1.58 bits per heavy atom. The summed E-state index contributed by atoms with van der Waals surface area (Å²) in [6.45, 7) is 2.23. The maximum Gasteiger partial charge on any atom is 0.126 e. The first-order chi connectivity index (χ1) is 9.19. The molecule has 1 aliphatic rings. The van der Waals surface area contributed by atoms with Crippen LogP contribution in [0.1, 0.15) is 69.8 Å². The summed E-state index contributed by atoms with van der Waals surface area (Å²) in [7, 11) is 0. The van der Waals surface area contributed by atoms with Gasteiger partial charge in [0.1, 0.15) is 11.6 Å². The van der Waals surface area contributed by atoms with Crippen LogP contribution in [-0.2, 0) is 0 Å². The molecule has 1 fully saturated rings. The molecule has 0 radical (unpaired) electrons. The standard InChI is InChI=1S/C17H24F2/c1-2-3-4-5-13-6-8-14(9-7-13)15-10-16(18)12-17(19)11-15/h10-14H,2-9H2,1H3/t13-,14-. The second kappa shape index (κ2) is 7.02. The molecule has 106 valence electrons. The van der Waals surface area contributed by atoms with E-state index < -0.39 is 11.6 Å². The first-order valence-electron chi connectivity index (χ1n) is 7.65. The molecule has 1 aliphatic carbocycles. The van der Waals surface area contributed by atoms with E-state index in [1.54, 1.807) is 0 Å². The minimum absolute atomic E-state index is 0.354. The van der Waals surface area contributed by atoms with Crippen molar-refractivity contribution < 1.29 is 8.78 Å². The summed E-state index contributed by atoms with van der Waals surface area (Å²) in [6.07, 6.45) is 9.86. The first-order valence-corrected chi connectivity index (χ1v) is 7.65. The fourth-order valence-electron chi connectivity index (χ4n) is 3.28. The van der Waals surface area contributed by atoms with E-state index in [-0.39, 0.29) is 0 Å². The molecule has 0 bridgehead atoms. The minimum Gasteiger partial charge on any atom is -0.207 e. The number of unbranched alkanes of at least 4 members (excludes halogenated alkanes) is 2. The summed E-state index contributed by atoms with van der Waals surface area (Å²) >= 11 is 0. The van der Waals surface area contributed by atoms with Crippen LogP contribution in [0.5, 0.6) is 0 Å². The average Bonchev–Trinajstić information content (AvgIpc) is 2.39. The molecule has 19 heavy (non-hydrogen) atoms. The van der Waals surface area contributed by atoms with Crippen LogP contribution in [-0.4, -0.2) is 0 Å². The Labute approximate surface area is 115 Å². The smallest absolute Gasteiger partial charge is 0.126 e. The van der Waals surface area contributed by atoms with Crippen LogP contribution in [0.3, 0.4) is 0 Å². The molecule has 1 aromatic rings. The first kappa shape index (κ1) is 14.5. The summed E-state index contributed by atoms with van der Waals surface area (Å²) in [5.74, 6) is 0.300. The van der Waals surface area contributed by atoms with Crippen LogP contribution < -0.4 is 0 Å². The Kier molecular flexibility index (Phi) is 5.35. The maximum atomic E-state index is 13.2. The van der Waals surface area contributed by atoms with E-state index in [4.69, 9.17) is 0 Å². The van der Waals surface area contributed by atoms with E-state index in [1.165, 1.54) is 50.7 Å². The second-order valence-electron chi connectivity index (χ2n) is 5.92. The molecule has 0 nitrogen and oxygen atoms in total. The van der Waals surface area contributed by atoms with Gasteiger partial charge in [0.05, 0.1) is 0 Å². The zero-order valence-electron chi connectivity index (χ0n) is 11.8. The lowest BCUT2D eigenvalue weighted by Gasteiger charge is -2.29. The van der Waals surface area contributed by atoms with Gasteiger partial charge in [0.2, 0.25) is 0 Å². The summed E-state index contributed by atoms with van der Waals surface area (Å²) in [6, 6.07) is 3.97. The highest BCUT2D eigenvalue weighted by molar-refractivity contribution is 5.22. The lowest BCUT2D eigenvalue weighted by atomic mass is 9.77. The van der Waals surface area contributed by atoms with Gasteiger partial charge >= 0.3 is 0 Å². The van der Waals surface area contributed by atoms with Gasteiger partial charge in [-0.25, -0.2) is 8.78 Å². The van der Waals surface area contributed by atoms with E-state index in [2.05, 4.69) is 6.92 Å². The molecule has 2 heteroatoms. The van der Waals surface area contributed by atoms with Crippen molar-refractivity contribution in [3.8, 4) is 0 Å². The predicted octanol–water partition coefficient (Wildman–Crippen LogP) is 5.82. The quantitative estimate of drug-likeness (QED) is 0.589. The molecule has 0 saturated heterocycles. The topological polar surface area (TPSA) is 0 Å². The van der Waals surface area contributed by atoms with Gasteiger partial charge < -0.3 is 0 Å². The molecule has 0 atom stereocenters. The average molecular weight is 266 g/mol. The van der Waals surface area contributed by atoms with Gasteiger partial charge in [0.15, 0.2) is 0 Å². The third-order valence-electron chi connectivity index (χ3n) is 4.42. The number of benzene rings is 1. The summed E-state index contributed by atoms with van der Waals surface area (Å²) in [5.41, 5.74) is 0.851. The van der Waals surface area contributed by atoms with Crippen molar-refractivity contribution in [3.63, 3.8) is 0 Å². The van der Waals surface area contributed by atoms with E-state index in [0.717, 1.165) is 30.4 Å². The molecule has 2 rings (SSSR count). The minimum atomic E-state index is -0.444. The molecular weight excluding hydrogens is 242 g/mol. The fourth-order valence-corrected chi connectivity index (χ4v) is 3.28. The normalized spacial score (nSPS) is 23.5. The van der Waals surface area contributed by atoms with Crippen molar-refractivity contribution in [2.45, 2.75) is 64.2 Å². The van der Waals surface area contributed by atoms with Crippen LogP contribution in [0.25, 0.3) is 0 Å². The zero-order chi connectivity index (χ0) is 13.7. The van der Waals surface area contributed by atoms with E-state index >= 15 is 0 Å². The molecule has 1 saturated carbocycles. The Balaban J connectivity index is 1.85. The van der Waals surface area contributed by atoms with Crippen molar-refractivity contribution in [2.24, 2.45) is 5.92 Å². The zero-order valence-corrected chi connectivity index (χ0v) is 11.8. The molecule has 0 amide bonds. The van der Waals surface area contributed by atoms with E-state index in [0.29, 0.717) is 5.92 Å². The van der Waals surface area contributed by atoms with Crippen molar-refractivity contribution in [1.29, 1.82) is 0 Å². The third kappa shape index (κ3) is 4.29. The predicted molar refractivity (Wildman–Crippen MR) is 75.2 cm³/mol. The Morgan fingerprint density at radius 1 is 0.947 bits per heavy atom. The highest BCUT2D eigenvalue weighted by Gasteiger charge is 2.22. The molecule has 1 aromatic carbocycles. The largest absolute Gasteiger partial charge is 0.207 e. The number of hydrogen-bond donors (Lipinski definition) is 0. The molecule has 0 aromatic heterocycles. The van der Waals surface area contributed by atoms with Crippen LogP contribution in [0.4, 0.5) is 8.78 Å². The van der Waals surface area contributed by atoms with Gasteiger partial charge in [-0.2, -0.15) is 0 Å². The van der Waals surface area contributed by atoms with E-state index in [9.17, 15) is 8.78 Å². The molecule has 0 heterocycles. The Bertz CT molecular complexity index is 372. The highest BCUT2D eigenvalue weighted by Crippen LogP contribution is 2.38. The molecule has 0 N–H and O–H groups in total.